The van der Waals surface area contributed by atoms with Gasteiger partial charge in [-0.15, -0.1) is 21.5 Å². The van der Waals surface area contributed by atoms with Crippen molar-refractivity contribution in [1.29, 1.82) is 0 Å². The molecule has 5 rings (SSSR count). The summed E-state index contributed by atoms with van der Waals surface area (Å²) in [6.07, 6.45) is 3.43. The van der Waals surface area contributed by atoms with Gasteiger partial charge in [0.25, 0.3) is 17.0 Å². The predicted octanol–water partition coefficient (Wildman–Crippen LogP) is 4.23. The van der Waals surface area contributed by atoms with Gasteiger partial charge in [0, 0.05) is 10.4 Å². The highest BCUT2D eigenvalue weighted by atomic mass is 32.2. The zero-order valence-electron chi connectivity index (χ0n) is 16.3. The van der Waals surface area contributed by atoms with Crippen molar-refractivity contribution in [2.45, 2.75) is 31.4 Å². The van der Waals surface area contributed by atoms with Crippen LogP contribution in [0.2, 0.25) is 0 Å². The smallest absolute Gasteiger partial charge is 0.277 e. The number of hydrogen-bond donors (Lipinski definition) is 1. The lowest BCUT2D eigenvalue weighted by Gasteiger charge is -2.18. The van der Waals surface area contributed by atoms with Crippen LogP contribution in [0.3, 0.4) is 0 Å². The largest absolute Gasteiger partial charge is 0.482 e. The van der Waals surface area contributed by atoms with Gasteiger partial charge in [-0.05, 0) is 55.0 Å². The fraction of sp³-hybridized carbons (Fsp3) is 0.333. The first-order chi connectivity index (χ1) is 14.5. The van der Waals surface area contributed by atoms with Gasteiger partial charge in [0.2, 0.25) is 0 Å². The van der Waals surface area contributed by atoms with Crippen LogP contribution in [0.1, 0.15) is 34.1 Å². The normalized spacial score (nSPS) is 17.6. The number of rotatable bonds is 5. The first-order valence-corrected chi connectivity index (χ1v) is 11.5. The minimum Gasteiger partial charge on any atom is -0.482 e. The second kappa shape index (κ2) is 7.88. The minimum absolute atomic E-state index is 0.0120. The topological polar surface area (TPSA) is 94.3 Å². The molecule has 3 aromatic rings. The fourth-order valence-corrected chi connectivity index (χ4v) is 5.43. The van der Waals surface area contributed by atoms with Crippen LogP contribution in [0.4, 0.5) is 5.69 Å². The Morgan fingerprint density at radius 2 is 2.23 bits per heavy atom. The van der Waals surface area contributed by atoms with Crippen LogP contribution in [-0.2, 0) is 17.6 Å². The average molecular weight is 442 g/mol. The molecule has 0 spiro atoms. The molecule has 1 aliphatic carbocycles. The minimum atomic E-state index is -0.232. The van der Waals surface area contributed by atoms with E-state index in [-0.39, 0.29) is 24.1 Å². The standard InChI is InChI=1S/C21H19N3O4S2/c1-11-2-5-17-13(6-11)8-18(30-17)20-23-24-21(28-20)29-10-15(25)12-3-4-16-14(7-12)22-19(26)9-27-16/h3-4,7-8,11H,2,5-6,9-10H2,1H3,(H,22,26)/t11-/m0/s1. The summed E-state index contributed by atoms with van der Waals surface area (Å²) in [5, 5.41) is 11.3. The number of hydrogen-bond acceptors (Lipinski definition) is 8. The zero-order chi connectivity index (χ0) is 20.7. The monoisotopic (exact) mass is 441 g/mol. The molecule has 1 amide bonds. The molecular weight excluding hydrogens is 422 g/mol. The molecule has 3 heterocycles. The second-order valence-corrected chi connectivity index (χ2v) is 9.60. The summed E-state index contributed by atoms with van der Waals surface area (Å²) in [4.78, 5) is 26.4. The first kappa shape index (κ1) is 19.3. The van der Waals surface area contributed by atoms with Gasteiger partial charge in [0.1, 0.15) is 5.75 Å². The zero-order valence-corrected chi connectivity index (χ0v) is 17.9. The maximum Gasteiger partial charge on any atom is 0.277 e. The second-order valence-electron chi connectivity index (χ2n) is 7.54. The quantitative estimate of drug-likeness (QED) is 0.468. The molecule has 0 bridgehead atoms. The number of aromatic nitrogens is 2. The van der Waals surface area contributed by atoms with Crippen molar-refractivity contribution in [3.8, 4) is 16.5 Å². The molecule has 2 aliphatic rings. The summed E-state index contributed by atoms with van der Waals surface area (Å²) in [6, 6.07) is 7.17. The molecule has 1 atom stereocenters. The molecule has 1 N–H and O–H groups in total. The lowest BCUT2D eigenvalue weighted by atomic mass is 9.90. The van der Waals surface area contributed by atoms with E-state index in [4.69, 9.17) is 9.15 Å². The number of carbonyl (C=O) groups is 2. The maximum absolute atomic E-state index is 12.6. The van der Waals surface area contributed by atoms with Crippen molar-refractivity contribution < 1.29 is 18.7 Å². The van der Waals surface area contributed by atoms with E-state index < -0.39 is 0 Å². The number of nitrogens with one attached hydrogen (secondary N) is 1. The van der Waals surface area contributed by atoms with E-state index in [0.29, 0.717) is 34.0 Å². The number of anilines is 1. The fourth-order valence-electron chi connectivity index (χ4n) is 3.65. The number of fused-ring (bicyclic) bond motifs is 2. The van der Waals surface area contributed by atoms with E-state index in [0.717, 1.165) is 17.7 Å². The van der Waals surface area contributed by atoms with Crippen molar-refractivity contribution in [2.75, 3.05) is 17.7 Å². The van der Waals surface area contributed by atoms with E-state index >= 15 is 0 Å². The summed E-state index contributed by atoms with van der Waals surface area (Å²) < 4.78 is 11.1. The predicted molar refractivity (Wildman–Crippen MR) is 114 cm³/mol. The summed E-state index contributed by atoms with van der Waals surface area (Å²) >= 11 is 2.93. The number of amides is 1. The Morgan fingerprint density at radius 3 is 3.13 bits per heavy atom. The molecule has 1 aromatic carbocycles. The van der Waals surface area contributed by atoms with Gasteiger partial charge < -0.3 is 14.5 Å². The molecule has 2 aromatic heterocycles. The number of ether oxygens (including phenoxy) is 1. The summed E-state index contributed by atoms with van der Waals surface area (Å²) in [6.45, 7) is 2.27. The van der Waals surface area contributed by atoms with Gasteiger partial charge in [-0.1, -0.05) is 18.7 Å². The Hall–Kier alpha value is -2.65. The van der Waals surface area contributed by atoms with Crippen LogP contribution in [-0.4, -0.2) is 34.2 Å². The van der Waals surface area contributed by atoms with Crippen molar-refractivity contribution in [2.24, 2.45) is 5.92 Å². The van der Waals surface area contributed by atoms with Crippen LogP contribution in [0.15, 0.2) is 33.9 Å². The van der Waals surface area contributed by atoms with E-state index in [1.807, 2.05) is 0 Å². The highest BCUT2D eigenvalue weighted by molar-refractivity contribution is 7.99. The third-order valence-corrected chi connectivity index (χ3v) is 7.25. The van der Waals surface area contributed by atoms with E-state index in [9.17, 15) is 9.59 Å². The molecule has 0 unspecified atom stereocenters. The summed E-state index contributed by atoms with van der Waals surface area (Å²) in [5.41, 5.74) is 2.39. The number of aryl methyl sites for hydroxylation is 1. The number of thioether (sulfide) groups is 1. The first-order valence-electron chi connectivity index (χ1n) is 9.73. The van der Waals surface area contributed by atoms with Crippen molar-refractivity contribution >= 4 is 40.5 Å². The van der Waals surface area contributed by atoms with E-state index in [2.05, 4.69) is 28.5 Å². The number of benzene rings is 1. The number of nitrogens with zero attached hydrogens (tertiary/aromatic N) is 2. The van der Waals surface area contributed by atoms with Gasteiger partial charge in [-0.25, -0.2) is 0 Å². The highest BCUT2D eigenvalue weighted by Gasteiger charge is 2.22. The molecule has 154 valence electrons. The number of Topliss-reactive ketones (excluding diaryl/α,β-unsaturated/α-hetero) is 1. The molecule has 7 nitrogen and oxygen atoms in total. The maximum atomic E-state index is 12.6. The third-order valence-electron chi connectivity index (χ3n) is 5.21. The molecule has 30 heavy (non-hydrogen) atoms. The SMILES string of the molecule is C[C@H]1CCc2sc(-c3nnc(SCC(=O)c4ccc5c(c4)NC(=O)CO5)o3)cc2C1. The molecule has 0 saturated carbocycles. The molecule has 0 saturated heterocycles. The van der Waals surface area contributed by atoms with Gasteiger partial charge in [0.15, 0.2) is 12.4 Å². The Labute approximate surface area is 181 Å². The Balaban J connectivity index is 1.25. The molecular formula is C21H19N3O4S2. The van der Waals surface area contributed by atoms with Crippen LogP contribution in [0, 0.1) is 5.92 Å². The number of thiophene rings is 1. The van der Waals surface area contributed by atoms with Crippen molar-refractivity contribution in [1.82, 2.24) is 10.2 Å². The molecule has 9 heteroatoms. The lowest BCUT2D eigenvalue weighted by molar-refractivity contribution is -0.118. The molecule has 1 aliphatic heterocycles. The van der Waals surface area contributed by atoms with Crippen LogP contribution in [0.25, 0.3) is 10.8 Å². The lowest BCUT2D eigenvalue weighted by Crippen LogP contribution is -2.25. The van der Waals surface area contributed by atoms with Gasteiger partial charge in [-0.3, -0.25) is 9.59 Å². The Morgan fingerprint density at radius 1 is 1.33 bits per heavy atom. The van der Waals surface area contributed by atoms with E-state index in [1.54, 1.807) is 29.5 Å². The van der Waals surface area contributed by atoms with Crippen LogP contribution < -0.4 is 10.1 Å². The molecule has 0 radical (unpaired) electrons. The Kier molecular flexibility index (Phi) is 5.08. The van der Waals surface area contributed by atoms with Crippen LogP contribution in [0.5, 0.6) is 5.75 Å². The van der Waals surface area contributed by atoms with Crippen molar-refractivity contribution in [3.05, 3.63) is 40.3 Å². The number of carbonyl (C=O) groups excluding carboxylic acids is 2. The van der Waals surface area contributed by atoms with E-state index in [1.165, 1.54) is 28.6 Å². The van der Waals surface area contributed by atoms with Gasteiger partial charge in [0.05, 0.1) is 16.3 Å². The van der Waals surface area contributed by atoms with Crippen LogP contribution >= 0.6 is 23.1 Å². The summed E-state index contributed by atoms with van der Waals surface area (Å²) in [7, 11) is 0. The highest BCUT2D eigenvalue weighted by Crippen LogP contribution is 2.37. The molecule has 0 fully saturated rings. The van der Waals surface area contributed by atoms with Gasteiger partial charge >= 0.3 is 0 Å². The van der Waals surface area contributed by atoms with Crippen molar-refractivity contribution in [3.63, 3.8) is 0 Å². The third kappa shape index (κ3) is 3.87. The Bertz CT molecular complexity index is 1140. The summed E-state index contributed by atoms with van der Waals surface area (Å²) in [5.74, 6) is 1.61. The van der Waals surface area contributed by atoms with Gasteiger partial charge in [-0.2, -0.15) is 0 Å². The number of ketones is 1. The average Bonchev–Trinajstić information content (AvgIpc) is 3.37.